The second-order valence-electron chi connectivity index (χ2n) is 4.75. The molecule has 0 aliphatic heterocycles. The molecular weight excluding hydrogens is 252 g/mol. The van der Waals surface area contributed by atoms with Gasteiger partial charge in [-0.15, -0.1) is 0 Å². The van der Waals surface area contributed by atoms with E-state index in [4.69, 9.17) is 5.11 Å². The minimum atomic E-state index is -2.48. The molecule has 0 atom stereocenters. The molecule has 19 heavy (non-hydrogen) atoms. The molecule has 0 saturated heterocycles. The highest BCUT2D eigenvalue weighted by molar-refractivity contribution is 5.66. The second kappa shape index (κ2) is 7.19. The number of benzene rings is 1. The molecule has 3 nitrogen and oxygen atoms in total. The average Bonchev–Trinajstić information content (AvgIpc) is 2.34. The molecule has 0 aliphatic rings. The summed E-state index contributed by atoms with van der Waals surface area (Å²) < 4.78 is 25.2. The predicted octanol–water partition coefficient (Wildman–Crippen LogP) is 3.31. The SMILES string of the molecule is CC(C)N(CCC(=O)O)Cc1cccc(C(F)F)c1. The Hall–Kier alpha value is -1.49. The van der Waals surface area contributed by atoms with E-state index < -0.39 is 12.4 Å². The second-order valence-corrected chi connectivity index (χ2v) is 4.75. The van der Waals surface area contributed by atoms with Crippen molar-refractivity contribution < 1.29 is 18.7 Å². The zero-order valence-corrected chi connectivity index (χ0v) is 11.1. The van der Waals surface area contributed by atoms with E-state index in [2.05, 4.69) is 0 Å². The first-order chi connectivity index (χ1) is 8.90. The van der Waals surface area contributed by atoms with Crippen molar-refractivity contribution in [1.82, 2.24) is 4.90 Å². The first-order valence-corrected chi connectivity index (χ1v) is 6.23. The van der Waals surface area contributed by atoms with Crippen molar-refractivity contribution in [3.05, 3.63) is 35.4 Å². The van der Waals surface area contributed by atoms with Gasteiger partial charge >= 0.3 is 5.97 Å². The molecule has 5 heteroatoms. The maximum absolute atomic E-state index is 12.6. The molecule has 1 aromatic rings. The van der Waals surface area contributed by atoms with Gasteiger partial charge in [-0.1, -0.05) is 18.2 Å². The maximum atomic E-state index is 12.6. The van der Waals surface area contributed by atoms with E-state index in [0.29, 0.717) is 13.1 Å². The topological polar surface area (TPSA) is 40.5 Å². The Morgan fingerprint density at radius 1 is 1.37 bits per heavy atom. The van der Waals surface area contributed by atoms with Crippen molar-refractivity contribution >= 4 is 5.97 Å². The van der Waals surface area contributed by atoms with E-state index in [1.807, 2.05) is 18.7 Å². The number of alkyl halides is 2. The molecule has 0 spiro atoms. The van der Waals surface area contributed by atoms with E-state index in [-0.39, 0.29) is 18.0 Å². The summed E-state index contributed by atoms with van der Waals surface area (Å²) in [7, 11) is 0. The molecule has 0 fully saturated rings. The van der Waals surface area contributed by atoms with Crippen LogP contribution < -0.4 is 0 Å². The number of halogens is 2. The Morgan fingerprint density at radius 2 is 2.05 bits per heavy atom. The number of carboxylic acid groups (broad SMARTS) is 1. The lowest BCUT2D eigenvalue weighted by Gasteiger charge is -2.26. The van der Waals surface area contributed by atoms with Gasteiger partial charge in [0.1, 0.15) is 0 Å². The zero-order chi connectivity index (χ0) is 14.4. The highest BCUT2D eigenvalue weighted by Gasteiger charge is 2.13. The van der Waals surface area contributed by atoms with E-state index in [9.17, 15) is 13.6 Å². The summed E-state index contributed by atoms with van der Waals surface area (Å²) in [5.41, 5.74) is 0.774. The number of hydrogen-bond donors (Lipinski definition) is 1. The fourth-order valence-corrected chi connectivity index (χ4v) is 1.82. The Balaban J connectivity index is 2.73. The third-order valence-electron chi connectivity index (χ3n) is 2.93. The van der Waals surface area contributed by atoms with Gasteiger partial charge in [-0.3, -0.25) is 9.69 Å². The van der Waals surface area contributed by atoms with E-state index in [1.165, 1.54) is 12.1 Å². The fourth-order valence-electron chi connectivity index (χ4n) is 1.82. The monoisotopic (exact) mass is 271 g/mol. The normalized spacial score (nSPS) is 11.5. The van der Waals surface area contributed by atoms with Crippen LogP contribution in [0.1, 0.15) is 37.8 Å². The predicted molar refractivity (Wildman–Crippen MR) is 69.2 cm³/mol. The lowest BCUT2D eigenvalue weighted by atomic mass is 10.1. The first kappa shape index (κ1) is 15.6. The molecular formula is C14H19F2NO2. The Bertz CT molecular complexity index is 422. The van der Waals surface area contributed by atoms with Crippen molar-refractivity contribution in [2.75, 3.05) is 6.54 Å². The molecule has 0 saturated carbocycles. The quantitative estimate of drug-likeness (QED) is 0.827. The van der Waals surface area contributed by atoms with E-state index >= 15 is 0 Å². The van der Waals surface area contributed by atoms with Crippen molar-refractivity contribution in [2.24, 2.45) is 0 Å². The summed E-state index contributed by atoms with van der Waals surface area (Å²) in [5.74, 6) is -0.855. The highest BCUT2D eigenvalue weighted by atomic mass is 19.3. The van der Waals surface area contributed by atoms with Crippen LogP contribution in [0.4, 0.5) is 8.78 Å². The third-order valence-corrected chi connectivity index (χ3v) is 2.93. The number of carbonyl (C=O) groups is 1. The minimum Gasteiger partial charge on any atom is -0.481 e. The third kappa shape index (κ3) is 5.34. The van der Waals surface area contributed by atoms with Crippen LogP contribution in [-0.4, -0.2) is 28.6 Å². The van der Waals surface area contributed by atoms with Crippen molar-refractivity contribution in [3.8, 4) is 0 Å². The maximum Gasteiger partial charge on any atom is 0.304 e. The standard InChI is InChI=1S/C14H19F2NO2/c1-10(2)17(7-6-13(18)19)9-11-4-3-5-12(8-11)14(15)16/h3-5,8,10,14H,6-7,9H2,1-2H3,(H,18,19). The Kier molecular flexibility index (Phi) is 5.89. The molecule has 1 rings (SSSR count). The number of aliphatic carboxylic acids is 1. The molecule has 0 bridgehead atoms. The molecule has 106 valence electrons. The van der Waals surface area contributed by atoms with Crippen LogP contribution in [-0.2, 0) is 11.3 Å². The molecule has 0 amide bonds. The van der Waals surface area contributed by atoms with Crippen LogP contribution in [0.3, 0.4) is 0 Å². The number of nitrogens with zero attached hydrogens (tertiary/aromatic N) is 1. The van der Waals surface area contributed by atoms with Crippen molar-refractivity contribution in [2.45, 2.75) is 39.3 Å². The number of carboxylic acids is 1. The van der Waals surface area contributed by atoms with E-state index in [1.54, 1.807) is 12.1 Å². The molecule has 0 radical (unpaired) electrons. The van der Waals surface area contributed by atoms with Gasteiger partial charge < -0.3 is 5.11 Å². The van der Waals surface area contributed by atoms with Crippen LogP contribution >= 0.6 is 0 Å². The summed E-state index contributed by atoms with van der Waals surface area (Å²) in [6.45, 7) is 4.80. The summed E-state index contributed by atoms with van der Waals surface area (Å²) in [5, 5.41) is 8.70. The summed E-state index contributed by atoms with van der Waals surface area (Å²) in [6, 6.07) is 6.41. The Labute approximate surface area is 111 Å². The van der Waals surface area contributed by atoms with Crippen molar-refractivity contribution in [1.29, 1.82) is 0 Å². The average molecular weight is 271 g/mol. The number of hydrogen-bond acceptors (Lipinski definition) is 2. The zero-order valence-electron chi connectivity index (χ0n) is 11.1. The van der Waals surface area contributed by atoms with Crippen LogP contribution in [0, 0.1) is 0 Å². The van der Waals surface area contributed by atoms with Gasteiger partial charge in [-0.2, -0.15) is 0 Å². The van der Waals surface area contributed by atoms with Gasteiger partial charge in [-0.05, 0) is 25.5 Å². The van der Waals surface area contributed by atoms with Gasteiger partial charge in [0, 0.05) is 24.7 Å². The summed E-state index contributed by atoms with van der Waals surface area (Å²) in [4.78, 5) is 12.6. The Morgan fingerprint density at radius 3 is 2.58 bits per heavy atom. The van der Waals surface area contributed by atoms with Gasteiger partial charge in [0.15, 0.2) is 0 Å². The van der Waals surface area contributed by atoms with Gasteiger partial charge in [-0.25, -0.2) is 8.78 Å². The largest absolute Gasteiger partial charge is 0.481 e. The smallest absolute Gasteiger partial charge is 0.304 e. The van der Waals surface area contributed by atoms with Crippen LogP contribution in [0.5, 0.6) is 0 Å². The molecule has 1 N–H and O–H groups in total. The van der Waals surface area contributed by atoms with Crippen LogP contribution in [0.2, 0.25) is 0 Å². The lowest BCUT2D eigenvalue weighted by Crippen LogP contribution is -2.32. The molecule has 0 aromatic heterocycles. The van der Waals surface area contributed by atoms with Crippen LogP contribution in [0.25, 0.3) is 0 Å². The molecule has 0 unspecified atom stereocenters. The van der Waals surface area contributed by atoms with Crippen LogP contribution in [0.15, 0.2) is 24.3 Å². The highest BCUT2D eigenvalue weighted by Crippen LogP contribution is 2.20. The van der Waals surface area contributed by atoms with Gasteiger partial charge in [0.05, 0.1) is 6.42 Å². The van der Waals surface area contributed by atoms with Crippen molar-refractivity contribution in [3.63, 3.8) is 0 Å². The summed E-state index contributed by atoms with van der Waals surface area (Å²) in [6.07, 6.45) is -2.43. The van der Waals surface area contributed by atoms with E-state index in [0.717, 1.165) is 5.56 Å². The molecule has 0 aliphatic carbocycles. The number of rotatable bonds is 7. The molecule has 1 aromatic carbocycles. The minimum absolute atomic E-state index is 0.000518. The lowest BCUT2D eigenvalue weighted by molar-refractivity contribution is -0.137. The van der Waals surface area contributed by atoms with Gasteiger partial charge in [0.2, 0.25) is 0 Å². The first-order valence-electron chi connectivity index (χ1n) is 6.23. The summed E-state index contributed by atoms with van der Waals surface area (Å²) >= 11 is 0. The molecule has 0 heterocycles. The fraction of sp³-hybridized carbons (Fsp3) is 0.500. The van der Waals surface area contributed by atoms with Gasteiger partial charge in [0.25, 0.3) is 6.43 Å².